The van der Waals surface area contributed by atoms with Crippen LogP contribution in [0.1, 0.15) is 58.3 Å². The molecule has 0 aromatic heterocycles. The van der Waals surface area contributed by atoms with Crippen molar-refractivity contribution in [1.82, 2.24) is 0 Å². The fraction of sp³-hybridized carbons (Fsp3) is 0.562. The maximum Gasteiger partial charge on any atom is 0.224 e. The zero-order chi connectivity index (χ0) is 14.8. The van der Waals surface area contributed by atoms with Crippen molar-refractivity contribution in [1.29, 1.82) is 0 Å². The van der Waals surface area contributed by atoms with E-state index in [1.165, 1.54) is 32.1 Å². The number of nitrogens with one attached hydrogen (secondary N) is 1. The first-order valence-electron chi connectivity index (χ1n) is 7.38. The van der Waals surface area contributed by atoms with E-state index in [1.54, 1.807) is 6.07 Å². The summed E-state index contributed by atoms with van der Waals surface area (Å²) >= 11 is 9.31. The molecule has 0 aliphatic rings. The standard InChI is InChI=1S/C16H23BrClNO/c1-2-3-4-5-6-7-8-9-16(20)19-13-10-11-14(17)15(18)12-13/h10-12H,2-9H2,1H3,(H,19,20). The van der Waals surface area contributed by atoms with Gasteiger partial charge in [0.15, 0.2) is 0 Å². The summed E-state index contributed by atoms with van der Waals surface area (Å²) in [6, 6.07) is 5.44. The van der Waals surface area contributed by atoms with Crippen LogP contribution >= 0.6 is 27.5 Å². The molecule has 0 radical (unpaired) electrons. The van der Waals surface area contributed by atoms with E-state index in [4.69, 9.17) is 11.6 Å². The maximum atomic E-state index is 11.8. The Labute approximate surface area is 135 Å². The van der Waals surface area contributed by atoms with E-state index < -0.39 is 0 Å². The Morgan fingerprint density at radius 2 is 1.80 bits per heavy atom. The largest absolute Gasteiger partial charge is 0.326 e. The van der Waals surface area contributed by atoms with Gasteiger partial charge in [0.05, 0.1) is 5.02 Å². The summed E-state index contributed by atoms with van der Waals surface area (Å²) in [6.07, 6.45) is 9.13. The van der Waals surface area contributed by atoms with Gasteiger partial charge in [-0.1, -0.05) is 57.0 Å². The number of halogens is 2. The van der Waals surface area contributed by atoms with Crippen molar-refractivity contribution in [3.8, 4) is 0 Å². The number of carbonyl (C=O) groups is 1. The Hall–Kier alpha value is -0.540. The second kappa shape index (κ2) is 10.2. The van der Waals surface area contributed by atoms with Crippen LogP contribution in [0.3, 0.4) is 0 Å². The number of hydrogen-bond donors (Lipinski definition) is 1. The van der Waals surface area contributed by atoms with E-state index in [0.29, 0.717) is 11.4 Å². The predicted octanol–water partition coefficient (Wildman–Crippen LogP) is 6.18. The zero-order valence-corrected chi connectivity index (χ0v) is 14.4. The third-order valence-corrected chi connectivity index (χ3v) is 4.44. The molecule has 0 bridgehead atoms. The summed E-state index contributed by atoms with van der Waals surface area (Å²) in [7, 11) is 0. The topological polar surface area (TPSA) is 29.1 Å². The summed E-state index contributed by atoms with van der Waals surface area (Å²) in [5.41, 5.74) is 0.756. The van der Waals surface area contributed by atoms with Gasteiger partial charge in [-0.2, -0.15) is 0 Å². The van der Waals surface area contributed by atoms with Crippen molar-refractivity contribution in [3.05, 3.63) is 27.7 Å². The number of rotatable bonds is 9. The van der Waals surface area contributed by atoms with E-state index in [1.807, 2.05) is 12.1 Å². The van der Waals surface area contributed by atoms with Crippen molar-refractivity contribution in [2.45, 2.75) is 58.3 Å². The van der Waals surface area contributed by atoms with Crippen LogP contribution in [-0.4, -0.2) is 5.91 Å². The molecule has 0 heterocycles. The fourth-order valence-electron chi connectivity index (χ4n) is 2.04. The van der Waals surface area contributed by atoms with Crippen molar-refractivity contribution >= 4 is 39.1 Å². The highest BCUT2D eigenvalue weighted by Crippen LogP contribution is 2.25. The molecule has 1 rings (SSSR count). The number of benzene rings is 1. The minimum Gasteiger partial charge on any atom is -0.326 e. The molecule has 0 saturated carbocycles. The Balaban J connectivity index is 2.15. The number of anilines is 1. The molecule has 1 amide bonds. The normalized spacial score (nSPS) is 10.6. The first-order chi connectivity index (χ1) is 9.63. The van der Waals surface area contributed by atoms with Crippen molar-refractivity contribution in [2.24, 2.45) is 0 Å². The van der Waals surface area contributed by atoms with Gasteiger partial charge >= 0.3 is 0 Å². The molecule has 1 aromatic rings. The van der Waals surface area contributed by atoms with Gasteiger partial charge in [-0.25, -0.2) is 0 Å². The molecule has 0 saturated heterocycles. The van der Waals surface area contributed by atoms with Gasteiger partial charge in [0.25, 0.3) is 0 Å². The molecule has 1 N–H and O–H groups in total. The van der Waals surface area contributed by atoms with Crippen LogP contribution in [-0.2, 0) is 4.79 Å². The minimum absolute atomic E-state index is 0.0666. The first-order valence-corrected chi connectivity index (χ1v) is 8.55. The van der Waals surface area contributed by atoms with Crippen LogP contribution in [0, 0.1) is 0 Å². The molecule has 20 heavy (non-hydrogen) atoms. The molecule has 0 aliphatic carbocycles. The predicted molar refractivity (Wildman–Crippen MR) is 90.4 cm³/mol. The molecule has 0 atom stereocenters. The lowest BCUT2D eigenvalue weighted by atomic mass is 10.1. The lowest BCUT2D eigenvalue weighted by molar-refractivity contribution is -0.116. The fourth-order valence-corrected chi connectivity index (χ4v) is 2.47. The summed E-state index contributed by atoms with van der Waals surface area (Å²) < 4.78 is 0.837. The molecule has 1 aromatic carbocycles. The molecule has 4 heteroatoms. The lowest BCUT2D eigenvalue weighted by Gasteiger charge is -2.06. The van der Waals surface area contributed by atoms with Gasteiger partial charge in [-0.3, -0.25) is 4.79 Å². The Morgan fingerprint density at radius 3 is 2.45 bits per heavy atom. The van der Waals surface area contributed by atoms with Gasteiger partial charge in [0.2, 0.25) is 5.91 Å². The van der Waals surface area contributed by atoms with E-state index >= 15 is 0 Å². The van der Waals surface area contributed by atoms with E-state index in [9.17, 15) is 4.79 Å². The van der Waals surface area contributed by atoms with Gasteiger partial charge < -0.3 is 5.32 Å². The molecule has 0 unspecified atom stereocenters. The summed E-state index contributed by atoms with van der Waals surface area (Å²) in [5.74, 6) is 0.0666. The average molecular weight is 361 g/mol. The van der Waals surface area contributed by atoms with Crippen molar-refractivity contribution < 1.29 is 4.79 Å². The Bertz CT molecular complexity index is 423. The summed E-state index contributed by atoms with van der Waals surface area (Å²) in [4.78, 5) is 11.8. The lowest BCUT2D eigenvalue weighted by Crippen LogP contribution is -2.10. The van der Waals surface area contributed by atoms with Crippen molar-refractivity contribution in [2.75, 3.05) is 5.32 Å². The van der Waals surface area contributed by atoms with Crippen LogP contribution in [0.4, 0.5) is 5.69 Å². The highest BCUT2D eigenvalue weighted by atomic mass is 79.9. The van der Waals surface area contributed by atoms with Gasteiger partial charge in [0.1, 0.15) is 0 Å². The smallest absolute Gasteiger partial charge is 0.224 e. The van der Waals surface area contributed by atoms with Gasteiger partial charge in [-0.05, 0) is 40.5 Å². The minimum atomic E-state index is 0.0666. The van der Waals surface area contributed by atoms with Gasteiger partial charge in [-0.15, -0.1) is 0 Å². The maximum absolute atomic E-state index is 11.8. The molecule has 0 fully saturated rings. The highest BCUT2D eigenvalue weighted by molar-refractivity contribution is 9.10. The highest BCUT2D eigenvalue weighted by Gasteiger charge is 2.04. The Kier molecular flexibility index (Phi) is 8.95. The molecular formula is C16H23BrClNO. The summed E-state index contributed by atoms with van der Waals surface area (Å²) in [5, 5.41) is 3.49. The van der Waals surface area contributed by atoms with Crippen LogP contribution in [0.5, 0.6) is 0 Å². The quantitative estimate of drug-likeness (QED) is 0.523. The van der Waals surface area contributed by atoms with Crippen molar-refractivity contribution in [3.63, 3.8) is 0 Å². The number of amides is 1. The monoisotopic (exact) mass is 359 g/mol. The van der Waals surface area contributed by atoms with E-state index in [0.717, 1.165) is 23.0 Å². The molecule has 2 nitrogen and oxygen atoms in total. The SMILES string of the molecule is CCCCCCCCCC(=O)Nc1ccc(Br)c(Cl)c1. The van der Waals surface area contributed by atoms with E-state index in [2.05, 4.69) is 28.2 Å². The van der Waals surface area contributed by atoms with E-state index in [-0.39, 0.29) is 5.91 Å². The first kappa shape index (κ1) is 17.5. The number of unbranched alkanes of at least 4 members (excludes halogenated alkanes) is 6. The third-order valence-electron chi connectivity index (χ3n) is 3.21. The number of hydrogen-bond acceptors (Lipinski definition) is 1. The summed E-state index contributed by atoms with van der Waals surface area (Å²) in [6.45, 7) is 2.22. The van der Waals surface area contributed by atoms with Crippen LogP contribution in [0.2, 0.25) is 5.02 Å². The number of carbonyl (C=O) groups excluding carboxylic acids is 1. The third kappa shape index (κ3) is 7.30. The zero-order valence-electron chi connectivity index (χ0n) is 12.1. The molecule has 0 aliphatic heterocycles. The second-order valence-electron chi connectivity index (χ2n) is 5.05. The molecule has 112 valence electrons. The van der Waals surface area contributed by atoms with Crippen LogP contribution < -0.4 is 5.32 Å². The van der Waals surface area contributed by atoms with Crippen LogP contribution in [0.15, 0.2) is 22.7 Å². The second-order valence-corrected chi connectivity index (χ2v) is 6.31. The molecule has 0 spiro atoms. The molecular weight excluding hydrogens is 338 g/mol. The van der Waals surface area contributed by atoms with Crippen LogP contribution in [0.25, 0.3) is 0 Å². The van der Waals surface area contributed by atoms with Gasteiger partial charge in [0, 0.05) is 16.6 Å². The Morgan fingerprint density at radius 1 is 1.15 bits per heavy atom. The average Bonchev–Trinajstić information content (AvgIpc) is 2.42.